The fraction of sp³-hybridized carbons (Fsp3) is 0.429. The maximum Gasteiger partial charge on any atom is 0.326 e. The van der Waals surface area contributed by atoms with Crippen LogP contribution in [-0.4, -0.2) is 89.9 Å². The Bertz CT molecular complexity index is 1120. The van der Waals surface area contributed by atoms with Crippen molar-refractivity contribution in [3.8, 4) is 0 Å². The number of nitrogens with two attached hydrogens (primary N) is 2. The summed E-state index contributed by atoms with van der Waals surface area (Å²) in [5.41, 5.74) is 11.6. The molecular formula is C21H29N9O8. The number of amides is 4. The van der Waals surface area contributed by atoms with Crippen LogP contribution in [0.3, 0.4) is 0 Å². The van der Waals surface area contributed by atoms with Crippen molar-refractivity contribution in [1.29, 1.82) is 0 Å². The molecule has 0 radical (unpaired) electrons. The Morgan fingerprint density at radius 2 is 1.32 bits per heavy atom. The molecule has 0 aliphatic rings. The van der Waals surface area contributed by atoms with Gasteiger partial charge in [-0.3, -0.25) is 24.0 Å². The fourth-order valence-corrected chi connectivity index (χ4v) is 3.30. The quantitative estimate of drug-likeness (QED) is 0.102. The molecule has 38 heavy (non-hydrogen) atoms. The van der Waals surface area contributed by atoms with Crippen molar-refractivity contribution in [2.24, 2.45) is 11.5 Å². The van der Waals surface area contributed by atoms with Gasteiger partial charge in [-0.1, -0.05) is 0 Å². The zero-order valence-electron chi connectivity index (χ0n) is 20.0. The second-order valence-corrected chi connectivity index (χ2v) is 8.29. The topological polar surface area (TPSA) is 288 Å². The van der Waals surface area contributed by atoms with Crippen molar-refractivity contribution in [1.82, 2.24) is 35.9 Å². The number of H-pyrrole nitrogens is 2. The van der Waals surface area contributed by atoms with Crippen molar-refractivity contribution < 1.29 is 39.0 Å². The number of primary amides is 1. The molecule has 206 valence electrons. The number of carbonyl (C=O) groups excluding carboxylic acids is 4. The maximum atomic E-state index is 13.1. The van der Waals surface area contributed by atoms with Gasteiger partial charge in [0.05, 0.1) is 25.1 Å². The Morgan fingerprint density at radius 3 is 1.79 bits per heavy atom. The van der Waals surface area contributed by atoms with Gasteiger partial charge in [0.1, 0.15) is 18.1 Å². The molecule has 0 aromatic carbocycles. The minimum atomic E-state index is -1.49. The minimum Gasteiger partial charge on any atom is -0.481 e. The highest BCUT2D eigenvalue weighted by Crippen LogP contribution is 2.06. The lowest BCUT2D eigenvalue weighted by molar-refractivity contribution is -0.142. The molecule has 0 spiro atoms. The first-order valence-corrected chi connectivity index (χ1v) is 11.3. The van der Waals surface area contributed by atoms with Crippen molar-refractivity contribution in [3.63, 3.8) is 0 Å². The van der Waals surface area contributed by atoms with Crippen molar-refractivity contribution >= 4 is 35.6 Å². The Morgan fingerprint density at radius 1 is 0.816 bits per heavy atom. The standard InChI is InChI=1S/C21H29N9O8/c22-12(5-17(32)33)18(34)28-13(1-2-16(23)31)19(35)29-14(3-10-6-24-8-26-10)20(36)30-15(21(37)38)4-11-7-25-9-27-11/h6-9,12-15H,1-5,22H2,(H2,23,31)(H,24,26)(H,25,27)(H,28,34)(H,29,35)(H,30,36)(H,32,33)(H,37,38). The molecule has 4 unspecified atom stereocenters. The molecule has 4 amide bonds. The van der Waals surface area contributed by atoms with E-state index in [1.54, 1.807) is 0 Å². The van der Waals surface area contributed by atoms with Gasteiger partial charge in [-0.15, -0.1) is 0 Å². The number of nitrogens with zero attached hydrogens (tertiary/aromatic N) is 2. The number of carboxylic acids is 2. The summed E-state index contributed by atoms with van der Waals surface area (Å²) in [6.07, 6.45) is 3.90. The van der Waals surface area contributed by atoms with Crippen LogP contribution in [0.2, 0.25) is 0 Å². The van der Waals surface area contributed by atoms with Gasteiger partial charge in [-0.05, 0) is 6.42 Å². The highest BCUT2D eigenvalue weighted by molar-refractivity contribution is 5.95. The van der Waals surface area contributed by atoms with E-state index in [1.807, 2.05) is 0 Å². The van der Waals surface area contributed by atoms with Gasteiger partial charge < -0.3 is 47.6 Å². The third kappa shape index (κ3) is 9.69. The van der Waals surface area contributed by atoms with E-state index in [-0.39, 0.29) is 25.7 Å². The van der Waals surface area contributed by atoms with E-state index in [4.69, 9.17) is 16.6 Å². The number of hydrogen-bond acceptors (Lipinski definition) is 9. The molecule has 0 fully saturated rings. The number of hydrogen-bond donors (Lipinski definition) is 9. The van der Waals surface area contributed by atoms with Crippen LogP contribution >= 0.6 is 0 Å². The van der Waals surface area contributed by atoms with E-state index >= 15 is 0 Å². The Balaban J connectivity index is 2.20. The number of carbonyl (C=O) groups is 6. The Labute approximate surface area is 215 Å². The van der Waals surface area contributed by atoms with Gasteiger partial charge >= 0.3 is 11.9 Å². The third-order valence-electron chi connectivity index (χ3n) is 5.25. The number of nitrogens with one attached hydrogen (secondary N) is 5. The fourth-order valence-electron chi connectivity index (χ4n) is 3.30. The van der Waals surface area contributed by atoms with Crippen LogP contribution in [-0.2, 0) is 41.6 Å². The van der Waals surface area contributed by atoms with Gasteiger partial charge in [-0.2, -0.15) is 0 Å². The van der Waals surface area contributed by atoms with E-state index in [1.165, 1.54) is 25.0 Å². The van der Waals surface area contributed by atoms with Gasteiger partial charge in [-0.25, -0.2) is 14.8 Å². The third-order valence-corrected chi connectivity index (χ3v) is 5.25. The first-order valence-electron chi connectivity index (χ1n) is 11.3. The van der Waals surface area contributed by atoms with Crippen LogP contribution in [0.15, 0.2) is 25.0 Å². The average molecular weight is 536 g/mol. The molecule has 0 aliphatic heterocycles. The second kappa shape index (κ2) is 14.1. The summed E-state index contributed by atoms with van der Waals surface area (Å²) in [5, 5.41) is 25.5. The van der Waals surface area contributed by atoms with Crippen LogP contribution in [0.5, 0.6) is 0 Å². The van der Waals surface area contributed by atoms with Crippen LogP contribution in [0, 0.1) is 0 Å². The van der Waals surface area contributed by atoms with E-state index in [2.05, 4.69) is 35.9 Å². The van der Waals surface area contributed by atoms with Crippen LogP contribution in [0.4, 0.5) is 0 Å². The first-order chi connectivity index (χ1) is 18.0. The number of imidazole rings is 2. The molecule has 4 atom stereocenters. The summed E-state index contributed by atoms with van der Waals surface area (Å²) in [7, 11) is 0. The van der Waals surface area contributed by atoms with Gasteiger partial charge in [0, 0.05) is 43.0 Å². The van der Waals surface area contributed by atoms with Crippen molar-refractivity contribution in [3.05, 3.63) is 36.4 Å². The van der Waals surface area contributed by atoms with Crippen LogP contribution < -0.4 is 27.4 Å². The maximum absolute atomic E-state index is 13.1. The summed E-state index contributed by atoms with van der Waals surface area (Å²) < 4.78 is 0. The number of aliphatic carboxylic acids is 2. The lowest BCUT2D eigenvalue weighted by Crippen LogP contribution is -2.58. The second-order valence-electron chi connectivity index (χ2n) is 8.29. The van der Waals surface area contributed by atoms with E-state index in [0.717, 1.165) is 0 Å². The Hall–Kier alpha value is -4.80. The monoisotopic (exact) mass is 535 g/mol. The minimum absolute atomic E-state index is 0.120. The zero-order chi connectivity index (χ0) is 28.2. The molecule has 2 aromatic rings. The molecule has 0 aliphatic carbocycles. The number of aromatic amines is 2. The van der Waals surface area contributed by atoms with E-state index < -0.39 is 66.2 Å². The zero-order valence-corrected chi connectivity index (χ0v) is 20.0. The molecule has 2 aromatic heterocycles. The largest absolute Gasteiger partial charge is 0.481 e. The Kier molecular flexibility index (Phi) is 10.9. The van der Waals surface area contributed by atoms with Crippen LogP contribution in [0.1, 0.15) is 30.7 Å². The number of carboxylic acid groups (broad SMARTS) is 2. The predicted octanol–water partition coefficient (Wildman–Crippen LogP) is -3.48. The summed E-state index contributed by atoms with van der Waals surface area (Å²) in [6, 6.07) is -5.61. The molecule has 0 saturated heterocycles. The summed E-state index contributed by atoms with van der Waals surface area (Å²) in [5.74, 6) is -6.20. The first kappa shape index (κ1) is 29.4. The smallest absolute Gasteiger partial charge is 0.326 e. The summed E-state index contributed by atoms with van der Waals surface area (Å²) in [4.78, 5) is 85.5. The number of rotatable bonds is 16. The van der Waals surface area contributed by atoms with Gasteiger partial charge in [0.2, 0.25) is 23.6 Å². The molecule has 2 rings (SSSR count). The summed E-state index contributed by atoms with van der Waals surface area (Å²) >= 11 is 0. The average Bonchev–Trinajstić information content (AvgIpc) is 3.54. The lowest BCUT2D eigenvalue weighted by atomic mass is 10.1. The predicted molar refractivity (Wildman–Crippen MR) is 127 cm³/mol. The van der Waals surface area contributed by atoms with E-state index in [9.17, 15) is 33.9 Å². The van der Waals surface area contributed by atoms with Gasteiger partial charge in [0.25, 0.3) is 0 Å². The summed E-state index contributed by atoms with van der Waals surface area (Å²) in [6.45, 7) is 0. The number of aromatic nitrogens is 4. The van der Waals surface area contributed by atoms with Crippen LogP contribution in [0.25, 0.3) is 0 Å². The molecule has 2 heterocycles. The van der Waals surface area contributed by atoms with Crippen molar-refractivity contribution in [2.75, 3.05) is 0 Å². The lowest BCUT2D eigenvalue weighted by Gasteiger charge is -2.24. The van der Waals surface area contributed by atoms with E-state index in [0.29, 0.717) is 11.4 Å². The molecule has 0 saturated carbocycles. The SMILES string of the molecule is NC(=O)CCC(NC(=O)C(N)CC(=O)O)C(=O)NC(Cc1cnc[nH]1)C(=O)NC(Cc1cnc[nH]1)C(=O)O. The van der Waals surface area contributed by atoms with Crippen molar-refractivity contribution in [2.45, 2.75) is 56.3 Å². The highest BCUT2D eigenvalue weighted by atomic mass is 16.4. The molecular weight excluding hydrogens is 506 g/mol. The van der Waals surface area contributed by atoms with Gasteiger partial charge in [0.15, 0.2) is 0 Å². The molecule has 0 bridgehead atoms. The molecule has 17 nitrogen and oxygen atoms in total. The molecule has 11 N–H and O–H groups in total. The highest BCUT2D eigenvalue weighted by Gasteiger charge is 2.31. The molecule has 17 heteroatoms. The normalized spacial score (nSPS) is 13.9.